The molecule has 0 saturated carbocycles. The fourth-order valence-electron chi connectivity index (χ4n) is 3.62. The summed E-state index contributed by atoms with van der Waals surface area (Å²) in [6, 6.07) is 6.87. The first-order valence-corrected chi connectivity index (χ1v) is 9.93. The van der Waals surface area contributed by atoms with Gasteiger partial charge in [-0.15, -0.1) is 0 Å². The van der Waals surface area contributed by atoms with Gasteiger partial charge in [-0.25, -0.2) is 32.6 Å². The lowest BCUT2D eigenvalue weighted by Crippen LogP contribution is -2.05. The van der Waals surface area contributed by atoms with Crippen molar-refractivity contribution in [2.75, 3.05) is 5.73 Å². The molecule has 0 spiro atoms. The smallest absolute Gasteiger partial charge is 0.182 e. The summed E-state index contributed by atoms with van der Waals surface area (Å²) in [5.74, 6) is -2.64. The molecule has 2 N–H and O–H groups in total. The summed E-state index contributed by atoms with van der Waals surface area (Å²) in [6.07, 6.45) is 6.12. The zero-order valence-corrected chi connectivity index (χ0v) is 17.3. The molecule has 0 atom stereocenters. The number of anilines is 1. The van der Waals surface area contributed by atoms with Gasteiger partial charge in [0, 0.05) is 47.9 Å². The molecule has 4 aromatic heterocycles. The topological polar surface area (TPSA) is 94.9 Å². The number of benzene rings is 1. The number of aryl methyl sites for hydroxylation is 1. The number of pyridine rings is 1. The van der Waals surface area contributed by atoms with Crippen LogP contribution in [0.1, 0.15) is 17.0 Å². The Balaban J connectivity index is 1.62. The number of rotatable bonds is 4. The van der Waals surface area contributed by atoms with Crippen LogP contribution in [-0.2, 0) is 6.42 Å². The molecule has 0 bridgehead atoms. The minimum absolute atomic E-state index is 0.193. The highest BCUT2D eigenvalue weighted by Crippen LogP contribution is 2.30. The molecule has 1 aromatic carbocycles. The Morgan fingerprint density at radius 3 is 2.55 bits per heavy atom. The molecule has 0 saturated heterocycles. The number of imidazole rings is 1. The van der Waals surface area contributed by atoms with E-state index in [1.54, 1.807) is 30.7 Å². The Bertz CT molecular complexity index is 1510. The first-order chi connectivity index (χ1) is 15.9. The van der Waals surface area contributed by atoms with Crippen molar-refractivity contribution in [1.82, 2.24) is 29.5 Å². The summed E-state index contributed by atoms with van der Waals surface area (Å²) < 4.78 is 43.6. The van der Waals surface area contributed by atoms with Crippen molar-refractivity contribution >= 4 is 11.3 Å². The first kappa shape index (κ1) is 20.6. The lowest BCUT2D eigenvalue weighted by atomic mass is 10.1. The molecule has 164 valence electrons. The average molecular weight is 447 g/mol. The lowest BCUT2D eigenvalue weighted by Gasteiger charge is -2.08. The third-order valence-electron chi connectivity index (χ3n) is 5.31. The monoisotopic (exact) mass is 447 g/mol. The average Bonchev–Trinajstić information content (AvgIpc) is 3.18. The molecule has 0 aliphatic rings. The zero-order valence-electron chi connectivity index (χ0n) is 17.3. The van der Waals surface area contributed by atoms with Crippen LogP contribution in [0.5, 0.6) is 0 Å². The van der Waals surface area contributed by atoms with Crippen LogP contribution in [0.4, 0.5) is 19.0 Å². The van der Waals surface area contributed by atoms with Gasteiger partial charge in [0.2, 0.25) is 0 Å². The van der Waals surface area contributed by atoms with Crippen molar-refractivity contribution in [3.8, 4) is 22.6 Å². The molecule has 10 heteroatoms. The number of hydrogen-bond donors (Lipinski definition) is 1. The summed E-state index contributed by atoms with van der Waals surface area (Å²) in [5.41, 5.74) is 9.00. The van der Waals surface area contributed by atoms with E-state index in [1.807, 2.05) is 13.0 Å². The summed E-state index contributed by atoms with van der Waals surface area (Å²) >= 11 is 0. The van der Waals surface area contributed by atoms with Gasteiger partial charge in [0.15, 0.2) is 17.5 Å². The molecule has 0 radical (unpaired) electrons. The summed E-state index contributed by atoms with van der Waals surface area (Å²) in [4.78, 5) is 17.4. The number of nitrogens with two attached hydrogens (primary N) is 1. The molecule has 0 fully saturated rings. The molecule has 0 aliphatic heterocycles. The summed E-state index contributed by atoms with van der Waals surface area (Å²) in [5, 5.41) is 4.22. The van der Waals surface area contributed by atoms with Crippen molar-refractivity contribution in [2.24, 2.45) is 0 Å². The molecule has 4 heterocycles. The molecule has 0 unspecified atom stereocenters. The van der Waals surface area contributed by atoms with Crippen molar-refractivity contribution in [3.05, 3.63) is 89.5 Å². The van der Waals surface area contributed by atoms with E-state index in [-0.39, 0.29) is 23.9 Å². The highest BCUT2D eigenvalue weighted by molar-refractivity contribution is 5.79. The molecule has 5 aromatic rings. The second-order valence-electron chi connectivity index (χ2n) is 7.38. The Morgan fingerprint density at radius 1 is 0.939 bits per heavy atom. The van der Waals surface area contributed by atoms with Crippen LogP contribution >= 0.6 is 0 Å². The fourth-order valence-corrected chi connectivity index (χ4v) is 3.62. The van der Waals surface area contributed by atoms with Gasteiger partial charge >= 0.3 is 0 Å². The molecule has 7 nitrogen and oxygen atoms in total. The Kier molecular flexibility index (Phi) is 4.97. The molecule has 0 amide bonds. The summed E-state index contributed by atoms with van der Waals surface area (Å²) in [6.45, 7) is 1.93. The van der Waals surface area contributed by atoms with Crippen LogP contribution < -0.4 is 5.73 Å². The van der Waals surface area contributed by atoms with E-state index in [1.165, 1.54) is 10.7 Å². The van der Waals surface area contributed by atoms with E-state index in [4.69, 9.17) is 5.73 Å². The Labute approximate surface area is 185 Å². The van der Waals surface area contributed by atoms with E-state index in [0.717, 1.165) is 23.3 Å². The van der Waals surface area contributed by atoms with Crippen LogP contribution in [0.2, 0.25) is 0 Å². The van der Waals surface area contributed by atoms with Gasteiger partial charge in [-0.3, -0.25) is 4.98 Å². The van der Waals surface area contributed by atoms with Gasteiger partial charge in [-0.05, 0) is 42.8 Å². The minimum atomic E-state index is -1.26. The Morgan fingerprint density at radius 2 is 1.76 bits per heavy atom. The Hall–Kier alpha value is -4.34. The number of fused-ring (bicyclic) bond motifs is 1. The van der Waals surface area contributed by atoms with E-state index in [2.05, 4.69) is 25.0 Å². The second kappa shape index (κ2) is 7.97. The van der Waals surface area contributed by atoms with Crippen LogP contribution in [0.3, 0.4) is 0 Å². The molecule has 33 heavy (non-hydrogen) atoms. The number of halogens is 3. The molecule has 0 aliphatic carbocycles. The zero-order chi connectivity index (χ0) is 23.1. The maximum atomic E-state index is 14.3. The first-order valence-electron chi connectivity index (χ1n) is 9.93. The quantitative estimate of drug-likeness (QED) is 0.416. The third kappa shape index (κ3) is 3.55. The van der Waals surface area contributed by atoms with Crippen LogP contribution in [0.25, 0.3) is 28.2 Å². The van der Waals surface area contributed by atoms with Crippen LogP contribution in [-0.4, -0.2) is 29.5 Å². The van der Waals surface area contributed by atoms with Gasteiger partial charge in [-0.1, -0.05) is 0 Å². The number of nitrogens with zero attached hydrogens (tertiary/aromatic N) is 6. The number of nitrogen functional groups attached to an aromatic ring is 1. The van der Waals surface area contributed by atoms with Gasteiger partial charge in [0.1, 0.15) is 23.2 Å². The lowest BCUT2D eigenvalue weighted by molar-refractivity contribution is 0.481. The van der Waals surface area contributed by atoms with Gasteiger partial charge in [0.05, 0.1) is 5.52 Å². The predicted octanol–water partition coefficient (Wildman–Crippen LogP) is 4.15. The predicted molar refractivity (Wildman–Crippen MR) is 116 cm³/mol. The van der Waals surface area contributed by atoms with E-state index in [0.29, 0.717) is 16.8 Å². The SMILES string of the molecule is Cc1ccncc1-c1cnc(-c2nc(Cc3c(F)ccc(F)c3F)n3ncccc23)nc1N. The third-order valence-corrected chi connectivity index (χ3v) is 5.31. The van der Waals surface area contributed by atoms with Crippen molar-refractivity contribution in [3.63, 3.8) is 0 Å². The molecular formula is C23H16F3N7. The highest BCUT2D eigenvalue weighted by Gasteiger charge is 2.21. The molecule has 5 rings (SSSR count). The van der Waals surface area contributed by atoms with Crippen molar-refractivity contribution in [2.45, 2.75) is 13.3 Å². The van der Waals surface area contributed by atoms with Gasteiger partial charge < -0.3 is 5.73 Å². The van der Waals surface area contributed by atoms with Crippen LogP contribution in [0, 0.1) is 24.4 Å². The molecular weight excluding hydrogens is 431 g/mol. The normalized spacial score (nSPS) is 11.3. The van der Waals surface area contributed by atoms with Gasteiger partial charge in [0.25, 0.3) is 0 Å². The maximum Gasteiger partial charge on any atom is 0.182 e. The standard InChI is InChI=1S/C23H16F3N7/c1-12-6-8-28-10-14(12)15-11-29-23(32-22(15)27)21-18-3-2-7-30-33(18)19(31-21)9-13-16(24)4-5-17(25)20(13)26/h2-8,10-11H,9H2,1H3,(H2,27,29,32). The van der Waals surface area contributed by atoms with Crippen LogP contribution in [0.15, 0.2) is 55.1 Å². The minimum Gasteiger partial charge on any atom is -0.383 e. The number of aromatic nitrogens is 6. The van der Waals surface area contributed by atoms with Crippen molar-refractivity contribution in [1.29, 1.82) is 0 Å². The second-order valence-corrected chi connectivity index (χ2v) is 7.38. The van der Waals surface area contributed by atoms with Crippen molar-refractivity contribution < 1.29 is 13.2 Å². The largest absolute Gasteiger partial charge is 0.383 e. The van der Waals surface area contributed by atoms with E-state index in [9.17, 15) is 13.2 Å². The van der Waals surface area contributed by atoms with E-state index >= 15 is 0 Å². The van der Waals surface area contributed by atoms with E-state index < -0.39 is 23.0 Å². The highest BCUT2D eigenvalue weighted by atomic mass is 19.2. The fraction of sp³-hybridized carbons (Fsp3) is 0.0870. The summed E-state index contributed by atoms with van der Waals surface area (Å²) in [7, 11) is 0. The maximum absolute atomic E-state index is 14.3. The van der Waals surface area contributed by atoms with Gasteiger partial charge in [-0.2, -0.15) is 5.10 Å². The number of hydrogen-bond acceptors (Lipinski definition) is 6.